The molecule has 0 aliphatic carbocycles. The maximum absolute atomic E-state index is 12.2. The Hall–Kier alpha value is -2.66. The number of carbonyl (C=O) groups excluding carboxylic acids is 1. The summed E-state index contributed by atoms with van der Waals surface area (Å²) >= 11 is 3.35. The first-order chi connectivity index (χ1) is 11.6. The SMILES string of the molecule is O=C(Nc1ccc(Cn2ccccc2=O)cc1)c1cccc(Br)c1. The molecule has 2 aromatic carbocycles. The lowest BCUT2D eigenvalue weighted by molar-refractivity contribution is 0.102. The molecule has 3 rings (SSSR count). The highest BCUT2D eigenvalue weighted by Crippen LogP contribution is 2.15. The summed E-state index contributed by atoms with van der Waals surface area (Å²) in [6, 6.07) is 19.8. The third-order valence-electron chi connectivity index (χ3n) is 3.55. The normalized spacial score (nSPS) is 10.4. The van der Waals surface area contributed by atoms with E-state index in [-0.39, 0.29) is 11.5 Å². The van der Waals surface area contributed by atoms with Crippen molar-refractivity contribution in [1.82, 2.24) is 4.57 Å². The van der Waals surface area contributed by atoms with Gasteiger partial charge in [0.1, 0.15) is 0 Å². The van der Waals surface area contributed by atoms with E-state index in [9.17, 15) is 9.59 Å². The summed E-state index contributed by atoms with van der Waals surface area (Å²) in [5.74, 6) is -0.164. The predicted octanol–water partition coefficient (Wildman–Crippen LogP) is 3.91. The van der Waals surface area contributed by atoms with Crippen LogP contribution >= 0.6 is 15.9 Å². The van der Waals surface area contributed by atoms with Crippen LogP contribution in [0.2, 0.25) is 0 Å². The van der Waals surface area contributed by atoms with Crippen LogP contribution in [0, 0.1) is 0 Å². The van der Waals surface area contributed by atoms with Crippen molar-refractivity contribution in [3.05, 3.63) is 98.9 Å². The van der Waals surface area contributed by atoms with Crippen LogP contribution in [-0.2, 0) is 6.54 Å². The lowest BCUT2D eigenvalue weighted by Gasteiger charge is -2.08. The fourth-order valence-corrected chi connectivity index (χ4v) is 2.71. The van der Waals surface area contributed by atoms with E-state index in [4.69, 9.17) is 0 Å². The predicted molar refractivity (Wildman–Crippen MR) is 98.3 cm³/mol. The number of pyridine rings is 1. The number of benzene rings is 2. The molecule has 0 unspecified atom stereocenters. The second-order valence-corrected chi connectivity index (χ2v) is 6.24. The van der Waals surface area contributed by atoms with Crippen LogP contribution in [-0.4, -0.2) is 10.5 Å². The molecule has 1 aromatic heterocycles. The van der Waals surface area contributed by atoms with Crippen molar-refractivity contribution < 1.29 is 4.79 Å². The lowest BCUT2D eigenvalue weighted by Crippen LogP contribution is -2.18. The molecule has 0 saturated carbocycles. The standard InChI is InChI=1S/C19H15BrN2O2/c20-16-5-3-4-15(12-16)19(24)21-17-9-7-14(8-10-17)13-22-11-2-1-6-18(22)23/h1-12H,13H2,(H,21,24). The van der Waals surface area contributed by atoms with Gasteiger partial charge < -0.3 is 9.88 Å². The summed E-state index contributed by atoms with van der Waals surface area (Å²) in [6.07, 6.45) is 1.76. The van der Waals surface area contributed by atoms with Crippen LogP contribution in [0.1, 0.15) is 15.9 Å². The molecule has 4 nitrogen and oxygen atoms in total. The van der Waals surface area contributed by atoms with Crippen molar-refractivity contribution in [3.8, 4) is 0 Å². The molecule has 24 heavy (non-hydrogen) atoms. The summed E-state index contributed by atoms with van der Waals surface area (Å²) in [4.78, 5) is 23.9. The van der Waals surface area contributed by atoms with Gasteiger partial charge in [-0.05, 0) is 42.0 Å². The summed E-state index contributed by atoms with van der Waals surface area (Å²) in [5, 5.41) is 2.86. The van der Waals surface area contributed by atoms with Gasteiger partial charge >= 0.3 is 0 Å². The highest BCUT2D eigenvalue weighted by molar-refractivity contribution is 9.10. The third-order valence-corrected chi connectivity index (χ3v) is 4.04. The Balaban J connectivity index is 1.70. The molecule has 0 aliphatic heterocycles. The molecule has 1 heterocycles. The molecule has 120 valence electrons. The Kier molecular flexibility index (Phi) is 4.91. The van der Waals surface area contributed by atoms with E-state index in [1.807, 2.05) is 42.5 Å². The fraction of sp³-hybridized carbons (Fsp3) is 0.0526. The van der Waals surface area contributed by atoms with Crippen molar-refractivity contribution in [2.45, 2.75) is 6.54 Å². The second-order valence-electron chi connectivity index (χ2n) is 5.33. The number of carbonyl (C=O) groups is 1. The van der Waals surface area contributed by atoms with Gasteiger partial charge in [-0.1, -0.05) is 40.2 Å². The summed E-state index contributed by atoms with van der Waals surface area (Å²) in [6.45, 7) is 0.500. The summed E-state index contributed by atoms with van der Waals surface area (Å²) in [5.41, 5.74) is 2.25. The number of anilines is 1. The first-order valence-corrected chi connectivity index (χ1v) is 8.22. The molecule has 3 aromatic rings. The average molecular weight is 383 g/mol. The summed E-state index contributed by atoms with van der Waals surface area (Å²) in [7, 11) is 0. The van der Waals surface area contributed by atoms with Gasteiger partial charge in [0, 0.05) is 28.0 Å². The Morgan fingerprint density at radius 2 is 1.79 bits per heavy atom. The van der Waals surface area contributed by atoms with Crippen LogP contribution in [0.4, 0.5) is 5.69 Å². The maximum atomic E-state index is 12.2. The Morgan fingerprint density at radius 3 is 2.50 bits per heavy atom. The number of nitrogens with one attached hydrogen (secondary N) is 1. The van der Waals surface area contributed by atoms with E-state index < -0.39 is 0 Å². The topological polar surface area (TPSA) is 51.1 Å². The minimum atomic E-state index is -0.164. The highest BCUT2D eigenvalue weighted by atomic mass is 79.9. The van der Waals surface area contributed by atoms with Gasteiger partial charge in [0.15, 0.2) is 0 Å². The van der Waals surface area contributed by atoms with E-state index in [1.54, 1.807) is 29.0 Å². The van der Waals surface area contributed by atoms with Gasteiger partial charge in [-0.15, -0.1) is 0 Å². The van der Waals surface area contributed by atoms with E-state index in [0.717, 1.165) is 10.0 Å². The smallest absolute Gasteiger partial charge is 0.255 e. The van der Waals surface area contributed by atoms with Crippen LogP contribution in [0.5, 0.6) is 0 Å². The first-order valence-electron chi connectivity index (χ1n) is 7.43. The van der Waals surface area contributed by atoms with Gasteiger partial charge in [-0.25, -0.2) is 0 Å². The Bertz CT molecular complexity index is 917. The number of aromatic nitrogens is 1. The molecule has 1 N–H and O–H groups in total. The molecule has 0 bridgehead atoms. The minimum absolute atomic E-state index is 0.0375. The van der Waals surface area contributed by atoms with Crippen LogP contribution in [0.15, 0.2) is 82.2 Å². The number of hydrogen-bond donors (Lipinski definition) is 1. The average Bonchev–Trinajstić information content (AvgIpc) is 2.58. The number of nitrogens with zero attached hydrogens (tertiary/aromatic N) is 1. The zero-order chi connectivity index (χ0) is 16.9. The Labute approximate surface area is 147 Å². The largest absolute Gasteiger partial charge is 0.322 e. The van der Waals surface area contributed by atoms with E-state index in [1.165, 1.54) is 6.07 Å². The van der Waals surface area contributed by atoms with Crippen molar-refractivity contribution in [1.29, 1.82) is 0 Å². The lowest BCUT2D eigenvalue weighted by atomic mass is 10.2. The molecule has 1 amide bonds. The minimum Gasteiger partial charge on any atom is -0.322 e. The molecule has 0 spiro atoms. The number of amides is 1. The third kappa shape index (κ3) is 4.00. The van der Waals surface area contributed by atoms with Gasteiger partial charge in [-0.2, -0.15) is 0 Å². The van der Waals surface area contributed by atoms with E-state index in [0.29, 0.717) is 17.8 Å². The summed E-state index contributed by atoms with van der Waals surface area (Å²) < 4.78 is 2.49. The van der Waals surface area contributed by atoms with Gasteiger partial charge in [0.25, 0.3) is 11.5 Å². The monoisotopic (exact) mass is 382 g/mol. The first kappa shape index (κ1) is 16.2. The van der Waals surface area contributed by atoms with Crippen LogP contribution in [0.3, 0.4) is 0 Å². The maximum Gasteiger partial charge on any atom is 0.255 e. The Morgan fingerprint density at radius 1 is 1.00 bits per heavy atom. The number of halogens is 1. The molecular weight excluding hydrogens is 368 g/mol. The van der Waals surface area contributed by atoms with Crippen molar-refractivity contribution in [3.63, 3.8) is 0 Å². The van der Waals surface area contributed by atoms with Gasteiger partial charge in [0.05, 0.1) is 6.54 Å². The number of rotatable bonds is 4. The van der Waals surface area contributed by atoms with Crippen LogP contribution in [0.25, 0.3) is 0 Å². The molecule has 0 saturated heterocycles. The molecule has 0 radical (unpaired) electrons. The molecule has 0 aliphatic rings. The van der Waals surface area contributed by atoms with E-state index >= 15 is 0 Å². The highest BCUT2D eigenvalue weighted by Gasteiger charge is 2.06. The van der Waals surface area contributed by atoms with Crippen molar-refractivity contribution >= 4 is 27.5 Å². The molecule has 0 atom stereocenters. The van der Waals surface area contributed by atoms with Gasteiger partial charge in [0.2, 0.25) is 0 Å². The fourth-order valence-electron chi connectivity index (χ4n) is 2.31. The zero-order valence-corrected chi connectivity index (χ0v) is 14.4. The second kappa shape index (κ2) is 7.27. The number of hydrogen-bond acceptors (Lipinski definition) is 2. The van der Waals surface area contributed by atoms with Crippen molar-refractivity contribution in [2.24, 2.45) is 0 Å². The zero-order valence-electron chi connectivity index (χ0n) is 12.8. The quantitative estimate of drug-likeness (QED) is 0.743. The van der Waals surface area contributed by atoms with Gasteiger partial charge in [-0.3, -0.25) is 9.59 Å². The van der Waals surface area contributed by atoms with Crippen LogP contribution < -0.4 is 10.9 Å². The van der Waals surface area contributed by atoms with E-state index in [2.05, 4.69) is 21.2 Å². The molecule has 5 heteroatoms. The molecule has 0 fully saturated rings. The molecular formula is C19H15BrN2O2. The van der Waals surface area contributed by atoms with Crippen molar-refractivity contribution in [2.75, 3.05) is 5.32 Å².